The molecule has 4 rings (SSSR count). The van der Waals surface area contributed by atoms with Crippen LogP contribution in [0.2, 0.25) is 0 Å². The number of hydrogen-bond donors (Lipinski definition) is 1. The Morgan fingerprint density at radius 2 is 1.84 bits per heavy atom. The van der Waals surface area contributed by atoms with E-state index in [1.807, 2.05) is 24.1 Å². The number of fused-ring (bicyclic) bond motifs is 1. The summed E-state index contributed by atoms with van der Waals surface area (Å²) in [4.78, 5) is 30.5. The fraction of sp³-hybridized carbons (Fsp3) is 0.550. The van der Waals surface area contributed by atoms with E-state index in [0.717, 1.165) is 57.2 Å². The Hall–Kier alpha value is -2.86. The standard InChI is InChI=1S/C18H24N4O3.C2HF3O2/c1-14-3-9-25-17(14)18(23)21-4-2-16-19-12-15(22(16)6-5-21)13-20-7-10-24-11-8-20;3-2(4,5)1(6)7/h3,9,12H,2,4-8,10-11,13H2,1H3;(H,6,7). The molecule has 0 bridgehead atoms. The summed E-state index contributed by atoms with van der Waals surface area (Å²) in [6.07, 6.45) is -0.751. The Labute approximate surface area is 182 Å². The highest BCUT2D eigenvalue weighted by atomic mass is 19.4. The highest BCUT2D eigenvalue weighted by Gasteiger charge is 2.38. The van der Waals surface area contributed by atoms with Crippen molar-refractivity contribution in [1.29, 1.82) is 0 Å². The van der Waals surface area contributed by atoms with Gasteiger partial charge in [0.1, 0.15) is 5.82 Å². The third-order valence-electron chi connectivity index (χ3n) is 5.30. The molecule has 2 aromatic heterocycles. The van der Waals surface area contributed by atoms with E-state index in [-0.39, 0.29) is 5.91 Å². The highest BCUT2D eigenvalue weighted by Crippen LogP contribution is 2.18. The number of rotatable bonds is 3. The molecule has 0 aliphatic carbocycles. The number of furan rings is 1. The number of carboxylic acids is 1. The van der Waals surface area contributed by atoms with Gasteiger partial charge in [-0.2, -0.15) is 13.2 Å². The van der Waals surface area contributed by atoms with Crippen molar-refractivity contribution in [2.75, 3.05) is 39.4 Å². The molecule has 0 aromatic carbocycles. The van der Waals surface area contributed by atoms with Crippen molar-refractivity contribution in [3.63, 3.8) is 0 Å². The van der Waals surface area contributed by atoms with E-state index in [1.54, 1.807) is 6.26 Å². The summed E-state index contributed by atoms with van der Waals surface area (Å²) in [5.74, 6) is -1.27. The molecule has 1 fully saturated rings. The van der Waals surface area contributed by atoms with Crippen LogP contribution in [-0.4, -0.2) is 81.9 Å². The first-order valence-corrected chi connectivity index (χ1v) is 10.1. The van der Waals surface area contributed by atoms with Crippen LogP contribution in [0.3, 0.4) is 0 Å². The van der Waals surface area contributed by atoms with Crippen molar-refractivity contribution in [2.24, 2.45) is 0 Å². The van der Waals surface area contributed by atoms with Gasteiger partial charge in [0.2, 0.25) is 0 Å². The van der Waals surface area contributed by atoms with E-state index in [1.165, 1.54) is 5.69 Å². The first kappa shape index (κ1) is 23.8. The summed E-state index contributed by atoms with van der Waals surface area (Å²) in [6.45, 7) is 8.44. The number of carbonyl (C=O) groups is 2. The van der Waals surface area contributed by atoms with Crippen molar-refractivity contribution >= 4 is 11.9 Å². The van der Waals surface area contributed by atoms with Crippen molar-refractivity contribution in [3.05, 3.63) is 41.4 Å². The first-order chi connectivity index (χ1) is 15.2. The number of aliphatic carboxylic acids is 1. The zero-order valence-electron chi connectivity index (χ0n) is 17.6. The van der Waals surface area contributed by atoms with Crippen molar-refractivity contribution in [1.82, 2.24) is 19.4 Å². The number of aryl methyl sites for hydroxylation is 1. The lowest BCUT2D eigenvalue weighted by molar-refractivity contribution is -0.192. The maximum Gasteiger partial charge on any atom is 0.490 e. The molecule has 1 N–H and O–H groups in total. The van der Waals surface area contributed by atoms with E-state index in [2.05, 4.69) is 14.5 Å². The SMILES string of the molecule is Cc1ccoc1C(=O)N1CCc2ncc(CN3CCOCC3)n2CC1.O=C(O)C(F)(F)F. The van der Waals surface area contributed by atoms with Gasteiger partial charge in [-0.3, -0.25) is 9.69 Å². The summed E-state index contributed by atoms with van der Waals surface area (Å²) >= 11 is 0. The van der Waals surface area contributed by atoms with Crippen LogP contribution in [0.25, 0.3) is 0 Å². The van der Waals surface area contributed by atoms with Crippen molar-refractivity contribution in [3.8, 4) is 0 Å². The number of aromatic nitrogens is 2. The second-order valence-electron chi connectivity index (χ2n) is 7.48. The van der Waals surface area contributed by atoms with Gasteiger partial charge in [-0.05, 0) is 13.0 Å². The van der Waals surface area contributed by atoms with Gasteiger partial charge < -0.3 is 23.7 Å². The summed E-state index contributed by atoms with van der Waals surface area (Å²) in [6, 6.07) is 1.83. The molecule has 176 valence electrons. The maximum atomic E-state index is 12.7. The Morgan fingerprint density at radius 3 is 2.44 bits per heavy atom. The van der Waals surface area contributed by atoms with Crippen LogP contribution >= 0.6 is 0 Å². The lowest BCUT2D eigenvalue weighted by atomic mass is 10.2. The predicted molar refractivity (Wildman–Crippen MR) is 105 cm³/mol. The quantitative estimate of drug-likeness (QED) is 0.750. The molecule has 0 spiro atoms. The molecule has 2 aromatic rings. The minimum atomic E-state index is -5.08. The van der Waals surface area contributed by atoms with Crippen LogP contribution in [0.5, 0.6) is 0 Å². The average Bonchev–Trinajstić information content (AvgIpc) is 3.27. The van der Waals surface area contributed by atoms with Crippen LogP contribution in [0.1, 0.15) is 27.6 Å². The molecule has 0 atom stereocenters. The van der Waals surface area contributed by atoms with E-state index in [4.69, 9.17) is 19.1 Å². The van der Waals surface area contributed by atoms with Gasteiger partial charge in [-0.1, -0.05) is 0 Å². The lowest BCUT2D eigenvalue weighted by Gasteiger charge is -2.27. The Kier molecular flexibility index (Phi) is 7.56. The van der Waals surface area contributed by atoms with Crippen molar-refractivity contribution in [2.45, 2.75) is 32.6 Å². The number of ether oxygens (including phenoxy) is 1. The number of nitrogens with zero attached hydrogens (tertiary/aromatic N) is 4. The maximum absolute atomic E-state index is 12.7. The van der Waals surface area contributed by atoms with E-state index >= 15 is 0 Å². The molecule has 9 nitrogen and oxygen atoms in total. The van der Waals surface area contributed by atoms with Gasteiger partial charge in [0.15, 0.2) is 5.76 Å². The molecule has 1 amide bonds. The zero-order valence-corrected chi connectivity index (χ0v) is 17.6. The lowest BCUT2D eigenvalue weighted by Crippen LogP contribution is -2.36. The second kappa shape index (κ2) is 10.2. The van der Waals surface area contributed by atoms with Gasteiger partial charge in [-0.15, -0.1) is 0 Å². The first-order valence-electron chi connectivity index (χ1n) is 10.1. The number of carboxylic acid groups (broad SMARTS) is 1. The van der Waals surface area contributed by atoms with Crippen LogP contribution in [0.4, 0.5) is 13.2 Å². The second-order valence-corrected chi connectivity index (χ2v) is 7.48. The van der Waals surface area contributed by atoms with Crippen molar-refractivity contribution < 1.29 is 37.0 Å². The fourth-order valence-corrected chi connectivity index (χ4v) is 3.55. The third-order valence-corrected chi connectivity index (χ3v) is 5.30. The molecule has 0 radical (unpaired) electrons. The number of halogens is 3. The molecule has 1 saturated heterocycles. The minimum Gasteiger partial charge on any atom is -0.475 e. The molecular weight excluding hydrogens is 433 g/mol. The van der Waals surface area contributed by atoms with E-state index < -0.39 is 12.1 Å². The summed E-state index contributed by atoms with van der Waals surface area (Å²) in [7, 11) is 0. The largest absolute Gasteiger partial charge is 0.490 e. The normalized spacial score (nSPS) is 17.2. The van der Waals surface area contributed by atoms with Crippen LogP contribution in [0.15, 0.2) is 22.9 Å². The van der Waals surface area contributed by atoms with Gasteiger partial charge >= 0.3 is 12.1 Å². The van der Waals surface area contributed by atoms with E-state index in [0.29, 0.717) is 18.8 Å². The molecule has 4 heterocycles. The van der Waals surface area contributed by atoms with Gasteiger partial charge in [0.05, 0.1) is 25.2 Å². The topological polar surface area (TPSA) is 101 Å². The number of alkyl halides is 3. The predicted octanol–water partition coefficient (Wildman–Crippen LogP) is 1.95. The van der Waals surface area contributed by atoms with Gasteiger partial charge in [-0.25, -0.2) is 9.78 Å². The Balaban J connectivity index is 0.000000360. The summed E-state index contributed by atoms with van der Waals surface area (Å²) < 4.78 is 44.8. The monoisotopic (exact) mass is 458 g/mol. The van der Waals surface area contributed by atoms with Crippen LogP contribution in [0, 0.1) is 6.92 Å². The van der Waals surface area contributed by atoms with Crippen LogP contribution < -0.4 is 0 Å². The Bertz CT molecular complexity index is 934. The summed E-state index contributed by atoms with van der Waals surface area (Å²) in [5, 5.41) is 7.12. The van der Waals surface area contributed by atoms with Gasteiger partial charge in [0, 0.05) is 57.4 Å². The molecular formula is C20H25F3N4O5. The number of morpholine rings is 1. The average molecular weight is 458 g/mol. The van der Waals surface area contributed by atoms with E-state index in [9.17, 15) is 18.0 Å². The Morgan fingerprint density at radius 1 is 1.16 bits per heavy atom. The minimum absolute atomic E-state index is 0.0250. The number of hydrogen-bond acceptors (Lipinski definition) is 6. The number of imidazole rings is 1. The highest BCUT2D eigenvalue weighted by molar-refractivity contribution is 5.92. The zero-order chi connectivity index (χ0) is 23.3. The number of carbonyl (C=O) groups excluding carboxylic acids is 1. The number of amides is 1. The molecule has 12 heteroatoms. The molecule has 0 unspecified atom stereocenters. The summed E-state index contributed by atoms with van der Waals surface area (Å²) in [5.41, 5.74) is 2.11. The fourth-order valence-electron chi connectivity index (χ4n) is 3.55. The van der Waals surface area contributed by atoms with Gasteiger partial charge in [0.25, 0.3) is 5.91 Å². The third kappa shape index (κ3) is 5.88. The molecule has 32 heavy (non-hydrogen) atoms. The molecule has 2 aliphatic heterocycles. The van der Waals surface area contributed by atoms with Crippen LogP contribution in [-0.2, 0) is 29.0 Å². The smallest absolute Gasteiger partial charge is 0.475 e. The molecule has 0 saturated carbocycles. The molecule has 2 aliphatic rings.